The zero-order chi connectivity index (χ0) is 10.8. The highest BCUT2D eigenvalue weighted by molar-refractivity contribution is 4.83. The lowest BCUT2D eigenvalue weighted by molar-refractivity contribution is -0.103. The van der Waals surface area contributed by atoms with Crippen LogP contribution < -0.4 is 0 Å². The smallest absolute Gasteiger partial charge is 0.0737 e. The summed E-state index contributed by atoms with van der Waals surface area (Å²) in [5, 5.41) is 0. The predicted molar refractivity (Wildman–Crippen MR) is 60.6 cm³/mol. The first kappa shape index (κ1) is 12.0. The Morgan fingerprint density at radius 2 is 1.64 bits per heavy atom. The summed E-state index contributed by atoms with van der Waals surface area (Å²) in [5.41, 5.74) is -0.00370. The Kier molecular flexibility index (Phi) is 3.96. The van der Waals surface area contributed by atoms with Crippen LogP contribution in [0.4, 0.5) is 0 Å². The van der Waals surface area contributed by atoms with Crippen LogP contribution >= 0.6 is 0 Å². The fraction of sp³-hybridized carbons (Fsp3) is 1.00. The molecule has 84 valence electrons. The van der Waals surface area contributed by atoms with Crippen molar-refractivity contribution in [3.63, 3.8) is 0 Å². The third kappa shape index (κ3) is 3.58. The maximum atomic E-state index is 6.11. The van der Waals surface area contributed by atoms with E-state index in [2.05, 4.69) is 39.8 Å². The van der Waals surface area contributed by atoms with Gasteiger partial charge in [0.1, 0.15) is 0 Å². The number of rotatable bonds is 2. The molecule has 1 fully saturated rings. The summed E-state index contributed by atoms with van der Waals surface area (Å²) in [6.07, 6.45) is 5.62. The summed E-state index contributed by atoms with van der Waals surface area (Å²) in [6.45, 7) is 6.44. The van der Waals surface area contributed by atoms with E-state index in [0.717, 1.165) is 0 Å². The van der Waals surface area contributed by atoms with Crippen LogP contribution in [0.3, 0.4) is 0 Å². The molecule has 0 aromatic rings. The Hall–Kier alpha value is -0.0800. The van der Waals surface area contributed by atoms with E-state index in [1.54, 1.807) is 0 Å². The van der Waals surface area contributed by atoms with Gasteiger partial charge < -0.3 is 9.64 Å². The van der Waals surface area contributed by atoms with Crippen LogP contribution in [0.1, 0.15) is 46.5 Å². The molecular weight excluding hydrogens is 174 g/mol. The number of nitrogens with zero attached hydrogens (tertiary/aromatic N) is 1. The van der Waals surface area contributed by atoms with Crippen molar-refractivity contribution in [1.82, 2.24) is 4.90 Å². The minimum atomic E-state index is -0.00370. The lowest BCUT2D eigenvalue weighted by Crippen LogP contribution is -2.45. The van der Waals surface area contributed by atoms with Gasteiger partial charge in [-0.05, 0) is 47.7 Å². The van der Waals surface area contributed by atoms with Crippen molar-refractivity contribution in [2.24, 2.45) is 0 Å². The molecule has 1 aliphatic rings. The van der Waals surface area contributed by atoms with E-state index in [9.17, 15) is 0 Å². The van der Waals surface area contributed by atoms with Crippen LogP contribution in [-0.4, -0.2) is 36.7 Å². The second-order valence-corrected chi connectivity index (χ2v) is 5.58. The molecular formula is C12H25NO. The molecule has 14 heavy (non-hydrogen) atoms. The molecule has 1 aliphatic carbocycles. The van der Waals surface area contributed by atoms with E-state index in [0.29, 0.717) is 12.1 Å². The zero-order valence-electron chi connectivity index (χ0n) is 10.3. The van der Waals surface area contributed by atoms with E-state index >= 15 is 0 Å². The van der Waals surface area contributed by atoms with Gasteiger partial charge in [0.15, 0.2) is 0 Å². The largest absolute Gasteiger partial charge is 0.371 e. The molecule has 1 rings (SSSR count). The molecule has 2 nitrogen and oxygen atoms in total. The van der Waals surface area contributed by atoms with Gasteiger partial charge in [-0.3, -0.25) is 0 Å². The second-order valence-electron chi connectivity index (χ2n) is 5.58. The molecule has 0 bridgehead atoms. The van der Waals surface area contributed by atoms with Crippen molar-refractivity contribution in [3.8, 4) is 0 Å². The second kappa shape index (κ2) is 4.63. The van der Waals surface area contributed by atoms with Crippen LogP contribution in [0, 0.1) is 0 Å². The molecule has 0 saturated heterocycles. The SMILES string of the molecule is CN(C)[C@@H]1CCCC[C@H]1OC(C)(C)C. The van der Waals surface area contributed by atoms with E-state index < -0.39 is 0 Å². The third-order valence-corrected chi connectivity index (χ3v) is 2.84. The van der Waals surface area contributed by atoms with E-state index in [-0.39, 0.29) is 5.60 Å². The van der Waals surface area contributed by atoms with Gasteiger partial charge in [0.25, 0.3) is 0 Å². The Bertz CT molecular complexity index is 172. The molecule has 0 aromatic carbocycles. The van der Waals surface area contributed by atoms with Gasteiger partial charge in [0, 0.05) is 6.04 Å². The summed E-state index contributed by atoms with van der Waals surface area (Å²) >= 11 is 0. The number of likely N-dealkylation sites (N-methyl/N-ethyl adjacent to an activating group) is 1. The fourth-order valence-electron chi connectivity index (χ4n) is 2.26. The molecule has 1 saturated carbocycles. The highest BCUT2D eigenvalue weighted by atomic mass is 16.5. The molecule has 0 radical (unpaired) electrons. The quantitative estimate of drug-likeness (QED) is 0.678. The van der Waals surface area contributed by atoms with Gasteiger partial charge in [0.05, 0.1) is 11.7 Å². The summed E-state index contributed by atoms with van der Waals surface area (Å²) in [4.78, 5) is 2.32. The van der Waals surface area contributed by atoms with E-state index in [1.165, 1.54) is 25.7 Å². The van der Waals surface area contributed by atoms with Crippen LogP contribution in [0.15, 0.2) is 0 Å². The van der Waals surface area contributed by atoms with E-state index in [4.69, 9.17) is 4.74 Å². The summed E-state index contributed by atoms with van der Waals surface area (Å²) < 4.78 is 6.11. The summed E-state index contributed by atoms with van der Waals surface area (Å²) in [5.74, 6) is 0. The summed E-state index contributed by atoms with van der Waals surface area (Å²) in [6, 6.07) is 0.614. The van der Waals surface area contributed by atoms with Crippen LogP contribution in [0.2, 0.25) is 0 Å². The van der Waals surface area contributed by atoms with Crippen molar-refractivity contribution in [3.05, 3.63) is 0 Å². The maximum absolute atomic E-state index is 6.11. The average molecular weight is 199 g/mol. The lowest BCUT2D eigenvalue weighted by atomic mass is 9.91. The molecule has 2 atom stereocenters. The predicted octanol–water partition coefficient (Wildman–Crippen LogP) is 2.67. The monoisotopic (exact) mass is 199 g/mol. The molecule has 0 amide bonds. The van der Waals surface area contributed by atoms with Gasteiger partial charge in [-0.15, -0.1) is 0 Å². The van der Waals surface area contributed by atoms with Crippen molar-refractivity contribution in [1.29, 1.82) is 0 Å². The Labute approximate surface area is 88.6 Å². The van der Waals surface area contributed by atoms with Crippen molar-refractivity contribution in [2.75, 3.05) is 14.1 Å². The zero-order valence-corrected chi connectivity index (χ0v) is 10.3. The van der Waals surface area contributed by atoms with Crippen LogP contribution in [0.25, 0.3) is 0 Å². The maximum Gasteiger partial charge on any atom is 0.0737 e. The molecule has 0 aliphatic heterocycles. The molecule has 2 heteroatoms. The Morgan fingerprint density at radius 1 is 1.07 bits per heavy atom. The summed E-state index contributed by atoms with van der Waals surface area (Å²) in [7, 11) is 4.32. The Balaban J connectivity index is 2.54. The first-order valence-electron chi connectivity index (χ1n) is 5.74. The topological polar surface area (TPSA) is 12.5 Å². The van der Waals surface area contributed by atoms with Gasteiger partial charge in [-0.1, -0.05) is 12.8 Å². The fourth-order valence-corrected chi connectivity index (χ4v) is 2.26. The normalized spacial score (nSPS) is 29.6. The van der Waals surface area contributed by atoms with Gasteiger partial charge in [0.2, 0.25) is 0 Å². The number of hydrogen-bond donors (Lipinski definition) is 0. The van der Waals surface area contributed by atoms with Crippen LogP contribution in [-0.2, 0) is 4.74 Å². The molecule has 0 N–H and O–H groups in total. The highest BCUT2D eigenvalue weighted by Gasteiger charge is 2.30. The van der Waals surface area contributed by atoms with Gasteiger partial charge in [-0.25, -0.2) is 0 Å². The van der Waals surface area contributed by atoms with Crippen LogP contribution in [0.5, 0.6) is 0 Å². The average Bonchev–Trinajstić information content (AvgIpc) is 2.01. The molecule has 0 unspecified atom stereocenters. The standard InChI is InChI=1S/C12H25NO/c1-12(2,3)14-11-9-7-6-8-10(11)13(4)5/h10-11H,6-9H2,1-5H3/t10-,11-/m1/s1. The minimum Gasteiger partial charge on any atom is -0.371 e. The lowest BCUT2D eigenvalue weighted by Gasteiger charge is -2.39. The highest BCUT2D eigenvalue weighted by Crippen LogP contribution is 2.27. The molecule has 0 heterocycles. The first-order valence-corrected chi connectivity index (χ1v) is 5.74. The number of hydrogen-bond acceptors (Lipinski definition) is 2. The molecule has 0 aromatic heterocycles. The first-order chi connectivity index (χ1) is 6.40. The number of ether oxygens (including phenoxy) is 1. The van der Waals surface area contributed by atoms with E-state index in [1.807, 2.05) is 0 Å². The van der Waals surface area contributed by atoms with Crippen molar-refractivity contribution >= 4 is 0 Å². The third-order valence-electron chi connectivity index (χ3n) is 2.84. The van der Waals surface area contributed by atoms with Crippen molar-refractivity contribution in [2.45, 2.75) is 64.2 Å². The van der Waals surface area contributed by atoms with Gasteiger partial charge in [-0.2, -0.15) is 0 Å². The van der Waals surface area contributed by atoms with Gasteiger partial charge >= 0.3 is 0 Å². The Morgan fingerprint density at radius 3 is 2.14 bits per heavy atom. The minimum absolute atomic E-state index is 0.00370. The molecule has 0 spiro atoms. The van der Waals surface area contributed by atoms with Crippen molar-refractivity contribution < 1.29 is 4.74 Å².